The van der Waals surface area contributed by atoms with Crippen molar-refractivity contribution in [1.29, 1.82) is 0 Å². The number of aromatic nitrogens is 1. The van der Waals surface area contributed by atoms with Crippen molar-refractivity contribution in [3.05, 3.63) is 107 Å². The maximum atomic E-state index is 13.6. The largest absolute Gasteiger partial charge is 0.445 e. The van der Waals surface area contributed by atoms with Crippen LogP contribution < -0.4 is 0 Å². The second-order valence-corrected chi connectivity index (χ2v) is 9.63. The highest BCUT2D eigenvalue weighted by Gasteiger charge is 2.37. The Morgan fingerprint density at radius 3 is 2.58 bits per heavy atom. The Morgan fingerprint density at radius 2 is 1.81 bits per heavy atom. The summed E-state index contributed by atoms with van der Waals surface area (Å²) in [4.78, 5) is 33.2. The molecule has 2 heterocycles. The fourth-order valence-electron chi connectivity index (χ4n) is 4.96. The summed E-state index contributed by atoms with van der Waals surface area (Å²) in [7, 11) is 1.80. The van der Waals surface area contributed by atoms with E-state index in [-0.39, 0.29) is 30.6 Å². The standard InChI is InChI=1S/C29H28ClN3O3/c1-32(28(34)26-17-22-10-5-6-13-25(22)31-26)27-18-33(29(35)36-19-20-8-3-2-4-9-20)15-14-24(27)21-11-7-12-23(30)16-21/h2-13,16-17,24,27,31H,14-15,18-19H2,1H3/t24-,27+/m0/s1. The van der Waals surface area contributed by atoms with Crippen molar-refractivity contribution in [3.63, 3.8) is 0 Å². The summed E-state index contributed by atoms with van der Waals surface area (Å²) in [6.45, 7) is 1.12. The van der Waals surface area contributed by atoms with E-state index in [0.29, 0.717) is 30.2 Å². The number of fused-ring (bicyclic) bond motifs is 1. The van der Waals surface area contributed by atoms with E-state index in [1.54, 1.807) is 16.8 Å². The molecule has 0 unspecified atom stereocenters. The van der Waals surface area contributed by atoms with Crippen LogP contribution in [0.4, 0.5) is 4.79 Å². The Balaban J connectivity index is 1.38. The van der Waals surface area contributed by atoms with Gasteiger partial charge in [0.25, 0.3) is 5.91 Å². The summed E-state index contributed by atoms with van der Waals surface area (Å²) in [6.07, 6.45) is 0.315. The Bertz CT molecular complexity index is 1340. The lowest BCUT2D eigenvalue weighted by atomic mass is 9.84. The summed E-state index contributed by atoms with van der Waals surface area (Å²) >= 11 is 6.30. The van der Waals surface area contributed by atoms with E-state index >= 15 is 0 Å². The number of hydrogen-bond donors (Lipinski definition) is 1. The molecule has 1 N–H and O–H groups in total. The first kappa shape index (κ1) is 23.9. The summed E-state index contributed by atoms with van der Waals surface area (Å²) in [5.41, 5.74) is 3.42. The van der Waals surface area contributed by atoms with Crippen LogP contribution in [0, 0.1) is 0 Å². The van der Waals surface area contributed by atoms with Gasteiger partial charge in [0.1, 0.15) is 12.3 Å². The maximum Gasteiger partial charge on any atom is 0.410 e. The van der Waals surface area contributed by atoms with E-state index in [2.05, 4.69) is 4.98 Å². The SMILES string of the molecule is CN(C(=O)c1cc2ccccc2[nH]1)[C@@H]1CN(C(=O)OCc2ccccc2)CC[C@H]1c1cccc(Cl)c1. The number of hydrogen-bond acceptors (Lipinski definition) is 3. The molecule has 1 fully saturated rings. The predicted octanol–water partition coefficient (Wildman–Crippen LogP) is 6.09. The Morgan fingerprint density at radius 1 is 1.03 bits per heavy atom. The van der Waals surface area contributed by atoms with Crippen LogP contribution in [-0.4, -0.2) is 53.0 Å². The third-order valence-corrected chi connectivity index (χ3v) is 7.14. The van der Waals surface area contributed by atoms with Gasteiger partial charge in [0.15, 0.2) is 0 Å². The molecule has 1 aliphatic rings. The molecule has 7 heteroatoms. The predicted molar refractivity (Wildman–Crippen MR) is 141 cm³/mol. The molecule has 0 spiro atoms. The number of benzene rings is 3. The van der Waals surface area contributed by atoms with Gasteiger partial charge in [-0.15, -0.1) is 0 Å². The number of likely N-dealkylation sites (N-methyl/N-ethyl adjacent to an activating group) is 1. The minimum absolute atomic E-state index is 0.0280. The first-order chi connectivity index (χ1) is 17.5. The van der Waals surface area contributed by atoms with E-state index in [1.807, 2.05) is 84.9 Å². The molecule has 0 radical (unpaired) electrons. The van der Waals surface area contributed by atoms with Crippen LogP contribution in [0.2, 0.25) is 5.02 Å². The molecular weight excluding hydrogens is 474 g/mol. The van der Waals surface area contributed by atoms with Crippen molar-refractivity contribution in [3.8, 4) is 0 Å². The van der Waals surface area contributed by atoms with Crippen molar-refractivity contribution < 1.29 is 14.3 Å². The first-order valence-corrected chi connectivity index (χ1v) is 12.4. The van der Waals surface area contributed by atoms with Gasteiger partial charge in [0, 0.05) is 42.0 Å². The Kier molecular flexibility index (Phi) is 6.96. The van der Waals surface area contributed by atoms with Crippen LogP contribution >= 0.6 is 11.6 Å². The maximum absolute atomic E-state index is 13.6. The zero-order chi connectivity index (χ0) is 25.1. The molecule has 5 rings (SSSR count). The fourth-order valence-corrected chi connectivity index (χ4v) is 5.15. The highest BCUT2D eigenvalue weighted by atomic mass is 35.5. The number of carbonyl (C=O) groups excluding carboxylic acids is 2. The molecule has 0 saturated carbocycles. The lowest BCUT2D eigenvalue weighted by molar-refractivity contribution is 0.0468. The Hall–Kier alpha value is -3.77. The van der Waals surface area contributed by atoms with Crippen LogP contribution in [0.25, 0.3) is 10.9 Å². The smallest absolute Gasteiger partial charge is 0.410 e. The summed E-state index contributed by atoms with van der Waals surface area (Å²) in [6, 6.07) is 26.8. The summed E-state index contributed by atoms with van der Waals surface area (Å²) in [5.74, 6) is -0.0945. The van der Waals surface area contributed by atoms with Gasteiger partial charge >= 0.3 is 6.09 Å². The number of H-pyrrole nitrogens is 1. The minimum Gasteiger partial charge on any atom is -0.445 e. The highest BCUT2D eigenvalue weighted by molar-refractivity contribution is 6.30. The lowest BCUT2D eigenvalue weighted by Gasteiger charge is -2.42. The number of amides is 2. The normalized spacial score (nSPS) is 17.7. The molecule has 2 atom stereocenters. The third-order valence-electron chi connectivity index (χ3n) is 6.90. The number of aromatic amines is 1. The zero-order valence-electron chi connectivity index (χ0n) is 20.1. The van der Waals surface area contributed by atoms with Crippen LogP contribution in [0.15, 0.2) is 84.9 Å². The molecule has 1 saturated heterocycles. The van der Waals surface area contributed by atoms with Crippen molar-refractivity contribution in [1.82, 2.24) is 14.8 Å². The van der Waals surface area contributed by atoms with Crippen LogP contribution in [0.3, 0.4) is 0 Å². The van der Waals surface area contributed by atoms with Crippen molar-refractivity contribution >= 4 is 34.5 Å². The molecule has 4 aromatic rings. The number of carbonyl (C=O) groups is 2. The molecule has 1 aliphatic heterocycles. The fraction of sp³-hybridized carbons (Fsp3) is 0.241. The molecule has 184 valence electrons. The third kappa shape index (κ3) is 5.09. The van der Waals surface area contributed by atoms with Gasteiger partial charge in [-0.05, 0) is 41.8 Å². The summed E-state index contributed by atoms with van der Waals surface area (Å²) < 4.78 is 5.60. The topological polar surface area (TPSA) is 65.6 Å². The number of nitrogens with one attached hydrogen (secondary N) is 1. The van der Waals surface area contributed by atoms with E-state index < -0.39 is 0 Å². The molecule has 0 bridgehead atoms. The number of rotatable bonds is 5. The van der Waals surface area contributed by atoms with E-state index in [0.717, 1.165) is 22.0 Å². The van der Waals surface area contributed by atoms with Gasteiger partial charge < -0.3 is 19.5 Å². The molecule has 1 aromatic heterocycles. The molecule has 0 aliphatic carbocycles. The number of ether oxygens (including phenoxy) is 1. The van der Waals surface area contributed by atoms with Crippen molar-refractivity contribution in [2.24, 2.45) is 0 Å². The quantitative estimate of drug-likeness (QED) is 0.360. The second kappa shape index (κ2) is 10.5. The molecular formula is C29H28ClN3O3. The summed E-state index contributed by atoms with van der Waals surface area (Å²) in [5, 5.41) is 1.64. The van der Waals surface area contributed by atoms with E-state index in [4.69, 9.17) is 16.3 Å². The number of para-hydroxylation sites is 1. The zero-order valence-corrected chi connectivity index (χ0v) is 20.8. The monoisotopic (exact) mass is 501 g/mol. The van der Waals surface area contributed by atoms with Crippen LogP contribution in [-0.2, 0) is 11.3 Å². The number of piperidine rings is 1. The average Bonchev–Trinajstić information content (AvgIpc) is 3.35. The van der Waals surface area contributed by atoms with E-state index in [1.165, 1.54) is 0 Å². The van der Waals surface area contributed by atoms with E-state index in [9.17, 15) is 9.59 Å². The van der Waals surface area contributed by atoms with Crippen LogP contribution in [0.1, 0.15) is 34.0 Å². The number of likely N-dealkylation sites (tertiary alicyclic amines) is 1. The van der Waals surface area contributed by atoms with Gasteiger partial charge in [-0.2, -0.15) is 0 Å². The van der Waals surface area contributed by atoms with Gasteiger partial charge in [0.2, 0.25) is 0 Å². The van der Waals surface area contributed by atoms with Crippen LogP contribution in [0.5, 0.6) is 0 Å². The van der Waals surface area contributed by atoms with Gasteiger partial charge in [-0.25, -0.2) is 4.79 Å². The molecule has 3 aromatic carbocycles. The number of nitrogens with zero attached hydrogens (tertiary/aromatic N) is 2. The molecule has 2 amide bonds. The highest BCUT2D eigenvalue weighted by Crippen LogP contribution is 2.33. The molecule has 36 heavy (non-hydrogen) atoms. The van der Waals surface area contributed by atoms with Gasteiger partial charge in [-0.3, -0.25) is 4.79 Å². The second-order valence-electron chi connectivity index (χ2n) is 9.19. The van der Waals surface area contributed by atoms with Gasteiger partial charge in [0.05, 0.1) is 6.04 Å². The number of halogens is 1. The van der Waals surface area contributed by atoms with Crippen molar-refractivity contribution in [2.45, 2.75) is 25.0 Å². The minimum atomic E-state index is -0.375. The average molecular weight is 502 g/mol. The lowest BCUT2D eigenvalue weighted by Crippen LogP contribution is -2.53. The van der Waals surface area contributed by atoms with Gasteiger partial charge in [-0.1, -0.05) is 72.3 Å². The first-order valence-electron chi connectivity index (χ1n) is 12.1. The van der Waals surface area contributed by atoms with Crippen molar-refractivity contribution in [2.75, 3.05) is 20.1 Å². The molecule has 6 nitrogen and oxygen atoms in total. The Labute approximate surface area is 215 Å².